The van der Waals surface area contributed by atoms with E-state index in [2.05, 4.69) is 20.3 Å². The van der Waals surface area contributed by atoms with Crippen molar-refractivity contribution in [1.29, 1.82) is 0 Å². The van der Waals surface area contributed by atoms with Gasteiger partial charge in [-0.3, -0.25) is 9.78 Å². The van der Waals surface area contributed by atoms with Crippen molar-refractivity contribution in [3.05, 3.63) is 48.3 Å². The van der Waals surface area contributed by atoms with Crippen molar-refractivity contribution in [1.82, 2.24) is 20.3 Å². The molecule has 1 amide bonds. The molecular weight excluding hydrogens is 272 g/mol. The van der Waals surface area contributed by atoms with Gasteiger partial charge in [-0.1, -0.05) is 0 Å². The van der Waals surface area contributed by atoms with Crippen LogP contribution in [0.5, 0.6) is 0 Å². The monoisotopic (exact) mass is 288 g/mol. The van der Waals surface area contributed by atoms with E-state index < -0.39 is 12.0 Å². The molecule has 0 saturated heterocycles. The Morgan fingerprint density at radius 1 is 1.33 bits per heavy atom. The maximum absolute atomic E-state index is 12.1. The molecule has 2 aromatic rings. The molecule has 0 unspecified atom stereocenters. The van der Waals surface area contributed by atoms with E-state index in [4.69, 9.17) is 4.74 Å². The number of carbonyl (C=O) groups excluding carboxylic acids is 2. The number of hydrogen-bond acceptors (Lipinski definition) is 5. The second-order valence-electron chi connectivity index (χ2n) is 4.29. The summed E-state index contributed by atoms with van der Waals surface area (Å²) in [4.78, 5) is 34.7. The maximum Gasteiger partial charge on any atom is 0.329 e. The van der Waals surface area contributed by atoms with Crippen LogP contribution in [0.15, 0.2) is 37.1 Å². The zero-order valence-corrected chi connectivity index (χ0v) is 11.6. The fourth-order valence-corrected chi connectivity index (χ4v) is 1.80. The third kappa shape index (κ3) is 4.13. The second kappa shape index (κ2) is 7.18. The van der Waals surface area contributed by atoms with Gasteiger partial charge in [-0.15, -0.1) is 0 Å². The summed E-state index contributed by atoms with van der Waals surface area (Å²) in [5, 5.41) is 2.67. The van der Waals surface area contributed by atoms with Gasteiger partial charge in [0.15, 0.2) is 0 Å². The standard InChI is InChI=1S/C14H16N4O3/c1-2-21-14(20)12(7-11-8-16-9-17-11)18-13(19)10-3-5-15-6-4-10/h3-6,8-9,12H,2,7H2,1H3,(H,16,17)(H,18,19)/t12-/m1/s1. The summed E-state index contributed by atoms with van der Waals surface area (Å²) >= 11 is 0. The average molecular weight is 288 g/mol. The lowest BCUT2D eigenvalue weighted by molar-refractivity contribution is -0.145. The van der Waals surface area contributed by atoms with E-state index in [0.717, 1.165) is 5.69 Å². The molecule has 0 aromatic carbocycles. The van der Waals surface area contributed by atoms with Crippen LogP contribution < -0.4 is 5.32 Å². The highest BCUT2D eigenvalue weighted by Crippen LogP contribution is 2.04. The number of nitrogens with zero attached hydrogens (tertiary/aromatic N) is 2. The lowest BCUT2D eigenvalue weighted by Gasteiger charge is -2.16. The number of amides is 1. The van der Waals surface area contributed by atoms with Crippen LogP contribution in [-0.4, -0.2) is 39.5 Å². The third-order valence-electron chi connectivity index (χ3n) is 2.80. The molecule has 1 atom stereocenters. The zero-order valence-electron chi connectivity index (χ0n) is 11.6. The average Bonchev–Trinajstić information content (AvgIpc) is 3.00. The van der Waals surface area contributed by atoms with E-state index >= 15 is 0 Å². The van der Waals surface area contributed by atoms with Gasteiger partial charge in [-0.2, -0.15) is 0 Å². The van der Waals surface area contributed by atoms with Gasteiger partial charge in [0.25, 0.3) is 5.91 Å². The predicted octanol–water partition coefficient (Wildman–Crippen LogP) is 0.709. The van der Waals surface area contributed by atoms with Crippen LogP contribution >= 0.6 is 0 Å². The highest BCUT2D eigenvalue weighted by atomic mass is 16.5. The van der Waals surface area contributed by atoms with Gasteiger partial charge in [-0.05, 0) is 19.1 Å². The fraction of sp³-hybridized carbons (Fsp3) is 0.286. The molecule has 0 aliphatic rings. The van der Waals surface area contributed by atoms with Crippen LogP contribution in [0.25, 0.3) is 0 Å². The molecule has 2 heterocycles. The molecule has 0 bridgehead atoms. The Morgan fingerprint density at radius 2 is 2.10 bits per heavy atom. The normalized spacial score (nSPS) is 11.7. The van der Waals surface area contributed by atoms with Gasteiger partial charge in [0, 0.05) is 36.3 Å². The first-order valence-corrected chi connectivity index (χ1v) is 6.55. The van der Waals surface area contributed by atoms with E-state index in [1.807, 2.05) is 0 Å². The topological polar surface area (TPSA) is 97.0 Å². The number of aromatic amines is 1. The summed E-state index contributed by atoms with van der Waals surface area (Å²) < 4.78 is 4.99. The van der Waals surface area contributed by atoms with E-state index in [0.29, 0.717) is 5.56 Å². The van der Waals surface area contributed by atoms with E-state index in [9.17, 15) is 9.59 Å². The third-order valence-corrected chi connectivity index (χ3v) is 2.80. The molecule has 2 N–H and O–H groups in total. The van der Waals surface area contributed by atoms with Crippen molar-refractivity contribution in [2.45, 2.75) is 19.4 Å². The SMILES string of the molecule is CCOC(=O)[C@@H](Cc1cnc[nH]1)NC(=O)c1ccncc1. The molecule has 110 valence electrons. The molecular formula is C14H16N4O3. The van der Waals surface area contributed by atoms with E-state index in [-0.39, 0.29) is 18.9 Å². The molecule has 0 aliphatic heterocycles. The second-order valence-corrected chi connectivity index (χ2v) is 4.29. The van der Waals surface area contributed by atoms with Crippen molar-refractivity contribution in [3.63, 3.8) is 0 Å². The summed E-state index contributed by atoms with van der Waals surface area (Å²) in [5.74, 6) is -0.829. The molecule has 0 aliphatic carbocycles. The predicted molar refractivity (Wildman–Crippen MR) is 74.4 cm³/mol. The Kier molecular flexibility index (Phi) is 5.03. The summed E-state index contributed by atoms with van der Waals surface area (Å²) in [6.45, 7) is 1.97. The van der Waals surface area contributed by atoms with Gasteiger partial charge < -0.3 is 15.0 Å². The van der Waals surface area contributed by atoms with E-state index in [1.54, 1.807) is 25.3 Å². The molecule has 2 rings (SSSR count). The Balaban J connectivity index is 2.08. The van der Waals surface area contributed by atoms with Crippen molar-refractivity contribution < 1.29 is 14.3 Å². The first-order chi connectivity index (χ1) is 10.2. The first kappa shape index (κ1) is 14.7. The van der Waals surface area contributed by atoms with Crippen LogP contribution in [0.1, 0.15) is 23.0 Å². The molecule has 0 saturated carbocycles. The number of rotatable bonds is 6. The Hall–Kier alpha value is -2.70. The first-order valence-electron chi connectivity index (χ1n) is 6.55. The highest BCUT2D eigenvalue weighted by molar-refractivity contribution is 5.96. The quantitative estimate of drug-likeness (QED) is 0.763. The molecule has 0 radical (unpaired) electrons. The minimum absolute atomic E-state index is 0.253. The van der Waals surface area contributed by atoms with E-state index in [1.165, 1.54) is 18.7 Å². The number of imidazole rings is 1. The number of H-pyrrole nitrogens is 1. The summed E-state index contributed by atoms with van der Waals surface area (Å²) in [6, 6.07) is 2.38. The molecule has 7 nitrogen and oxygen atoms in total. The van der Waals surface area contributed by atoms with Crippen LogP contribution in [0.3, 0.4) is 0 Å². The molecule has 7 heteroatoms. The van der Waals surface area contributed by atoms with Gasteiger partial charge >= 0.3 is 5.97 Å². The number of pyridine rings is 1. The number of esters is 1. The Morgan fingerprint density at radius 3 is 2.71 bits per heavy atom. The van der Waals surface area contributed by atoms with Crippen LogP contribution in [0, 0.1) is 0 Å². The van der Waals surface area contributed by atoms with Crippen molar-refractivity contribution in [3.8, 4) is 0 Å². The van der Waals surface area contributed by atoms with Crippen molar-refractivity contribution >= 4 is 11.9 Å². The van der Waals surface area contributed by atoms with Crippen LogP contribution in [-0.2, 0) is 16.0 Å². The fourth-order valence-electron chi connectivity index (χ4n) is 1.80. The molecule has 21 heavy (non-hydrogen) atoms. The largest absolute Gasteiger partial charge is 0.464 e. The number of hydrogen-bond donors (Lipinski definition) is 2. The lowest BCUT2D eigenvalue weighted by atomic mass is 10.1. The molecule has 2 aromatic heterocycles. The summed E-state index contributed by atoms with van der Waals surface area (Å²) in [7, 11) is 0. The minimum Gasteiger partial charge on any atom is -0.464 e. The van der Waals surface area contributed by atoms with Crippen LogP contribution in [0.2, 0.25) is 0 Å². The smallest absolute Gasteiger partial charge is 0.329 e. The van der Waals surface area contributed by atoms with Gasteiger partial charge in [-0.25, -0.2) is 9.78 Å². The summed E-state index contributed by atoms with van der Waals surface area (Å²) in [5.41, 5.74) is 1.17. The zero-order chi connectivity index (χ0) is 15.1. The maximum atomic E-state index is 12.1. The number of nitrogens with one attached hydrogen (secondary N) is 2. The number of aromatic nitrogens is 3. The molecule has 0 spiro atoms. The van der Waals surface area contributed by atoms with Crippen molar-refractivity contribution in [2.24, 2.45) is 0 Å². The minimum atomic E-state index is -0.772. The van der Waals surface area contributed by atoms with Gasteiger partial charge in [0.05, 0.1) is 12.9 Å². The lowest BCUT2D eigenvalue weighted by Crippen LogP contribution is -2.43. The highest BCUT2D eigenvalue weighted by Gasteiger charge is 2.23. The van der Waals surface area contributed by atoms with Crippen molar-refractivity contribution in [2.75, 3.05) is 6.61 Å². The Bertz CT molecular complexity index is 584. The summed E-state index contributed by atoms with van der Waals surface area (Å²) in [6.07, 6.45) is 6.44. The van der Waals surface area contributed by atoms with Crippen LogP contribution in [0.4, 0.5) is 0 Å². The number of ether oxygens (including phenoxy) is 1. The van der Waals surface area contributed by atoms with Gasteiger partial charge in [0.2, 0.25) is 0 Å². The van der Waals surface area contributed by atoms with Gasteiger partial charge in [0.1, 0.15) is 6.04 Å². The molecule has 0 fully saturated rings. The Labute approximate surface area is 121 Å². The number of carbonyl (C=O) groups is 2.